The maximum atomic E-state index is 13.6. The summed E-state index contributed by atoms with van der Waals surface area (Å²) in [6, 6.07) is 7.55. The third-order valence-electron chi connectivity index (χ3n) is 4.97. The molecule has 2 amide bonds. The molecule has 2 aromatic carbocycles. The van der Waals surface area contributed by atoms with E-state index in [1.807, 2.05) is 0 Å². The van der Waals surface area contributed by atoms with Gasteiger partial charge in [0.1, 0.15) is 17.5 Å². The van der Waals surface area contributed by atoms with Gasteiger partial charge in [-0.3, -0.25) is 9.59 Å². The molecule has 1 fully saturated rings. The minimum atomic E-state index is -0.801. The third-order valence-corrected chi connectivity index (χ3v) is 4.97. The molecule has 1 saturated heterocycles. The zero-order chi connectivity index (χ0) is 20.3. The van der Waals surface area contributed by atoms with Crippen molar-refractivity contribution < 1.29 is 22.8 Å². The Kier molecular flexibility index (Phi) is 6.02. The van der Waals surface area contributed by atoms with Gasteiger partial charge in [0.15, 0.2) is 0 Å². The van der Waals surface area contributed by atoms with E-state index in [1.165, 1.54) is 11.0 Å². The van der Waals surface area contributed by atoms with E-state index >= 15 is 0 Å². The van der Waals surface area contributed by atoms with Gasteiger partial charge in [0.05, 0.1) is 0 Å². The van der Waals surface area contributed by atoms with Crippen molar-refractivity contribution in [2.45, 2.75) is 26.3 Å². The topological polar surface area (TPSA) is 49.4 Å². The molecule has 0 bridgehead atoms. The number of hydrogen-bond donors (Lipinski definition) is 1. The first-order valence-electron chi connectivity index (χ1n) is 9.11. The van der Waals surface area contributed by atoms with Gasteiger partial charge in [-0.1, -0.05) is 12.1 Å². The molecule has 0 aliphatic carbocycles. The Morgan fingerprint density at radius 3 is 2.29 bits per heavy atom. The molecule has 1 heterocycles. The summed E-state index contributed by atoms with van der Waals surface area (Å²) in [5.74, 6) is -2.77. The van der Waals surface area contributed by atoms with Gasteiger partial charge in [-0.25, -0.2) is 13.2 Å². The molecule has 148 valence electrons. The molecule has 0 radical (unpaired) electrons. The predicted molar refractivity (Wildman–Crippen MR) is 98.0 cm³/mol. The van der Waals surface area contributed by atoms with Crippen LogP contribution in [0.3, 0.4) is 0 Å². The number of halogens is 3. The van der Waals surface area contributed by atoms with Crippen LogP contribution in [0.2, 0.25) is 0 Å². The molecule has 0 spiro atoms. The van der Waals surface area contributed by atoms with Gasteiger partial charge >= 0.3 is 0 Å². The van der Waals surface area contributed by atoms with Crippen LogP contribution in [0, 0.1) is 30.3 Å². The van der Waals surface area contributed by atoms with Crippen LogP contribution in [0.25, 0.3) is 0 Å². The van der Waals surface area contributed by atoms with Crippen LogP contribution in [0.4, 0.5) is 13.2 Å². The van der Waals surface area contributed by atoms with E-state index in [0.717, 1.165) is 12.1 Å². The van der Waals surface area contributed by atoms with E-state index in [1.54, 1.807) is 19.1 Å². The maximum absolute atomic E-state index is 13.6. The van der Waals surface area contributed by atoms with Crippen molar-refractivity contribution in [1.29, 1.82) is 0 Å². The maximum Gasteiger partial charge on any atom is 0.254 e. The number of piperidine rings is 1. The lowest BCUT2D eigenvalue weighted by molar-refractivity contribution is -0.126. The second kappa shape index (κ2) is 8.46. The van der Waals surface area contributed by atoms with E-state index in [-0.39, 0.29) is 29.8 Å². The molecular weight excluding hydrogens is 369 g/mol. The van der Waals surface area contributed by atoms with E-state index < -0.39 is 17.5 Å². The Balaban J connectivity index is 1.52. The SMILES string of the molecule is Cc1ccc(CNC(=O)C2CCN(C(=O)c3cc(F)cc(F)c3)CC2)cc1F. The molecule has 0 aromatic heterocycles. The molecule has 1 aliphatic rings. The summed E-state index contributed by atoms with van der Waals surface area (Å²) in [7, 11) is 0. The van der Waals surface area contributed by atoms with Gasteiger partial charge in [0.25, 0.3) is 5.91 Å². The third kappa shape index (κ3) is 4.71. The Morgan fingerprint density at radius 2 is 1.68 bits per heavy atom. The van der Waals surface area contributed by atoms with Crippen LogP contribution in [-0.2, 0) is 11.3 Å². The summed E-state index contributed by atoms with van der Waals surface area (Å²) in [6.45, 7) is 2.56. The first-order chi connectivity index (χ1) is 13.3. The van der Waals surface area contributed by atoms with Crippen LogP contribution >= 0.6 is 0 Å². The number of hydrogen-bond acceptors (Lipinski definition) is 2. The minimum Gasteiger partial charge on any atom is -0.352 e. The zero-order valence-electron chi connectivity index (χ0n) is 15.5. The van der Waals surface area contributed by atoms with E-state index in [4.69, 9.17) is 0 Å². The van der Waals surface area contributed by atoms with Gasteiger partial charge in [0, 0.05) is 37.2 Å². The first kappa shape index (κ1) is 19.9. The summed E-state index contributed by atoms with van der Waals surface area (Å²) < 4.78 is 40.2. The average molecular weight is 390 g/mol. The molecule has 28 heavy (non-hydrogen) atoms. The number of likely N-dealkylation sites (tertiary alicyclic amines) is 1. The predicted octanol–water partition coefficient (Wildman–Crippen LogP) is 3.58. The van der Waals surface area contributed by atoms with Crippen molar-refractivity contribution in [3.63, 3.8) is 0 Å². The highest BCUT2D eigenvalue weighted by atomic mass is 19.1. The highest BCUT2D eigenvalue weighted by Gasteiger charge is 2.28. The van der Waals surface area contributed by atoms with E-state index in [2.05, 4.69) is 5.32 Å². The first-order valence-corrected chi connectivity index (χ1v) is 9.11. The molecule has 1 aliphatic heterocycles. The number of aryl methyl sites for hydroxylation is 1. The van der Waals surface area contributed by atoms with Crippen molar-refractivity contribution in [1.82, 2.24) is 10.2 Å². The summed E-state index contributed by atoms with van der Waals surface area (Å²) >= 11 is 0. The Bertz CT molecular complexity index is 873. The monoisotopic (exact) mass is 390 g/mol. The van der Waals surface area contributed by atoms with Crippen LogP contribution in [-0.4, -0.2) is 29.8 Å². The molecular formula is C21H21F3N2O2. The lowest BCUT2D eigenvalue weighted by atomic mass is 9.95. The lowest BCUT2D eigenvalue weighted by Gasteiger charge is -2.31. The van der Waals surface area contributed by atoms with Gasteiger partial charge in [-0.15, -0.1) is 0 Å². The average Bonchev–Trinajstić information content (AvgIpc) is 2.67. The Hall–Kier alpha value is -2.83. The number of carbonyl (C=O) groups excluding carboxylic acids is 2. The van der Waals surface area contributed by atoms with E-state index in [9.17, 15) is 22.8 Å². The number of rotatable bonds is 4. The number of carbonyl (C=O) groups is 2. The van der Waals surface area contributed by atoms with Crippen LogP contribution < -0.4 is 5.32 Å². The normalized spacial score (nSPS) is 14.8. The summed E-state index contributed by atoms with van der Waals surface area (Å²) in [5.41, 5.74) is 1.18. The number of amides is 2. The molecule has 0 atom stereocenters. The van der Waals surface area contributed by atoms with Crippen molar-refractivity contribution in [3.05, 3.63) is 70.5 Å². The van der Waals surface area contributed by atoms with Crippen LogP contribution in [0.15, 0.2) is 36.4 Å². The highest BCUT2D eigenvalue weighted by molar-refractivity contribution is 5.94. The fraction of sp³-hybridized carbons (Fsp3) is 0.333. The Labute approximate surface area is 161 Å². The van der Waals surface area contributed by atoms with Crippen molar-refractivity contribution in [3.8, 4) is 0 Å². The quantitative estimate of drug-likeness (QED) is 0.868. The zero-order valence-corrected chi connectivity index (χ0v) is 15.5. The fourth-order valence-corrected chi connectivity index (χ4v) is 3.28. The smallest absolute Gasteiger partial charge is 0.254 e. The molecule has 3 rings (SSSR count). The van der Waals surface area contributed by atoms with E-state index in [0.29, 0.717) is 43.1 Å². The van der Waals surface area contributed by atoms with Crippen molar-refractivity contribution >= 4 is 11.8 Å². The molecule has 7 heteroatoms. The molecule has 0 saturated carbocycles. The van der Waals surface area contributed by atoms with Crippen molar-refractivity contribution in [2.24, 2.45) is 5.92 Å². The van der Waals surface area contributed by atoms with Gasteiger partial charge < -0.3 is 10.2 Å². The van der Waals surface area contributed by atoms with Crippen molar-refractivity contribution in [2.75, 3.05) is 13.1 Å². The molecule has 1 N–H and O–H groups in total. The second-order valence-electron chi connectivity index (χ2n) is 7.03. The fourth-order valence-electron chi connectivity index (χ4n) is 3.28. The summed E-state index contributed by atoms with van der Waals surface area (Å²) in [6.07, 6.45) is 0.912. The molecule has 4 nitrogen and oxygen atoms in total. The number of benzene rings is 2. The molecule has 2 aromatic rings. The standard InChI is InChI=1S/C21H21F3N2O2/c1-13-2-3-14(8-19(13)24)12-25-20(27)15-4-6-26(7-5-15)21(28)16-9-17(22)11-18(23)10-16/h2-3,8-11,15H,4-7,12H2,1H3,(H,25,27). The largest absolute Gasteiger partial charge is 0.352 e. The summed E-state index contributed by atoms with van der Waals surface area (Å²) in [5, 5.41) is 2.80. The van der Waals surface area contributed by atoms with Gasteiger partial charge in [0.2, 0.25) is 5.91 Å². The lowest BCUT2D eigenvalue weighted by Crippen LogP contribution is -2.43. The van der Waals surface area contributed by atoms with Crippen LogP contribution in [0.5, 0.6) is 0 Å². The number of nitrogens with one attached hydrogen (secondary N) is 1. The van der Waals surface area contributed by atoms with Crippen LogP contribution in [0.1, 0.15) is 34.3 Å². The Morgan fingerprint density at radius 1 is 1.04 bits per heavy atom. The summed E-state index contributed by atoms with van der Waals surface area (Å²) in [4.78, 5) is 26.3. The highest BCUT2D eigenvalue weighted by Crippen LogP contribution is 2.20. The van der Waals surface area contributed by atoms with Gasteiger partial charge in [-0.2, -0.15) is 0 Å². The van der Waals surface area contributed by atoms with Gasteiger partial charge in [-0.05, 0) is 49.1 Å². The molecule has 0 unspecified atom stereocenters. The minimum absolute atomic E-state index is 0.0400. The number of nitrogens with zero attached hydrogens (tertiary/aromatic N) is 1. The second-order valence-corrected chi connectivity index (χ2v) is 7.03.